The van der Waals surface area contributed by atoms with Crippen LogP contribution in [0.4, 0.5) is 4.39 Å². The molecule has 0 radical (unpaired) electrons. The maximum absolute atomic E-state index is 14.3. The summed E-state index contributed by atoms with van der Waals surface area (Å²) in [6.45, 7) is 0. The highest BCUT2D eigenvalue weighted by Gasteiger charge is 2.22. The first-order valence-electron chi connectivity index (χ1n) is 7.44. The fourth-order valence-electron chi connectivity index (χ4n) is 2.64. The highest BCUT2D eigenvalue weighted by molar-refractivity contribution is 7.99. The van der Waals surface area contributed by atoms with E-state index in [9.17, 15) is 9.18 Å². The molecule has 4 rings (SSSR count). The minimum atomic E-state index is -0.431. The molecule has 1 aromatic heterocycles. The maximum Gasteiger partial charge on any atom is 0.191 e. The van der Waals surface area contributed by atoms with Crippen molar-refractivity contribution >= 4 is 35.2 Å². The predicted molar refractivity (Wildman–Crippen MR) is 95.8 cm³/mol. The summed E-state index contributed by atoms with van der Waals surface area (Å²) in [6, 6.07) is 10.0. The SMILES string of the molecule is O=C1/C(=C\c2ccc(-n3cncn3)c(F)c2)CSc2ccc(Cl)cc21. The van der Waals surface area contributed by atoms with Crippen molar-refractivity contribution in [2.24, 2.45) is 0 Å². The average molecular weight is 372 g/mol. The summed E-state index contributed by atoms with van der Waals surface area (Å²) in [4.78, 5) is 17.4. The van der Waals surface area contributed by atoms with Gasteiger partial charge in [0.1, 0.15) is 24.2 Å². The van der Waals surface area contributed by atoms with Crippen LogP contribution in [0.1, 0.15) is 15.9 Å². The number of aromatic nitrogens is 3. The molecule has 0 N–H and O–H groups in total. The second kappa shape index (κ2) is 6.46. The number of Topliss-reactive ketones (excluding diaryl/α,β-unsaturated/α-hetero) is 1. The summed E-state index contributed by atoms with van der Waals surface area (Å²) in [5.74, 6) is 0.0381. The highest BCUT2D eigenvalue weighted by Crippen LogP contribution is 2.35. The van der Waals surface area contributed by atoms with Gasteiger partial charge in [-0.1, -0.05) is 17.7 Å². The molecule has 0 bridgehead atoms. The molecule has 0 atom stereocenters. The van der Waals surface area contributed by atoms with Gasteiger partial charge in [0.25, 0.3) is 0 Å². The molecule has 0 saturated carbocycles. The molecule has 3 aromatic rings. The van der Waals surface area contributed by atoms with Crippen LogP contribution in [0, 0.1) is 5.82 Å². The van der Waals surface area contributed by atoms with Crippen LogP contribution in [0.15, 0.2) is 59.5 Å². The zero-order valence-electron chi connectivity index (χ0n) is 12.8. The van der Waals surface area contributed by atoms with Crippen molar-refractivity contribution in [2.75, 3.05) is 5.75 Å². The van der Waals surface area contributed by atoms with Gasteiger partial charge in [0.05, 0.1) is 0 Å². The van der Waals surface area contributed by atoms with Crippen molar-refractivity contribution in [1.29, 1.82) is 0 Å². The topological polar surface area (TPSA) is 47.8 Å². The van der Waals surface area contributed by atoms with E-state index < -0.39 is 5.82 Å². The Morgan fingerprint density at radius 1 is 1.24 bits per heavy atom. The fourth-order valence-corrected chi connectivity index (χ4v) is 3.81. The molecule has 25 heavy (non-hydrogen) atoms. The Labute approximate surface area is 152 Å². The van der Waals surface area contributed by atoms with Crippen molar-refractivity contribution in [1.82, 2.24) is 14.8 Å². The Kier molecular flexibility index (Phi) is 4.15. The van der Waals surface area contributed by atoms with Gasteiger partial charge >= 0.3 is 0 Å². The lowest BCUT2D eigenvalue weighted by Crippen LogP contribution is -2.12. The second-order valence-electron chi connectivity index (χ2n) is 5.48. The molecule has 1 aliphatic heterocycles. The first kappa shape index (κ1) is 16.1. The molecular formula is C18H11ClFN3OS. The molecule has 0 saturated heterocycles. The van der Waals surface area contributed by atoms with Crippen molar-refractivity contribution in [3.63, 3.8) is 0 Å². The molecule has 0 aliphatic carbocycles. The minimum absolute atomic E-state index is 0.0722. The summed E-state index contributed by atoms with van der Waals surface area (Å²) < 4.78 is 15.7. The van der Waals surface area contributed by atoms with E-state index in [0.29, 0.717) is 33.2 Å². The smallest absolute Gasteiger partial charge is 0.191 e. The van der Waals surface area contributed by atoms with Gasteiger partial charge < -0.3 is 0 Å². The molecule has 0 fully saturated rings. The van der Waals surface area contributed by atoms with Crippen molar-refractivity contribution in [3.8, 4) is 5.69 Å². The molecule has 4 nitrogen and oxygen atoms in total. The number of carbonyl (C=O) groups is 1. The number of carbonyl (C=O) groups excluding carboxylic acids is 1. The van der Waals surface area contributed by atoms with Gasteiger partial charge in [0.15, 0.2) is 5.78 Å². The normalized spacial score (nSPS) is 15.4. The summed E-state index contributed by atoms with van der Waals surface area (Å²) >= 11 is 7.56. The van der Waals surface area contributed by atoms with E-state index in [1.807, 2.05) is 6.07 Å². The lowest BCUT2D eigenvalue weighted by molar-refractivity contribution is 0.103. The molecule has 2 aromatic carbocycles. The van der Waals surface area contributed by atoms with Crippen molar-refractivity contribution in [3.05, 3.63) is 76.6 Å². The molecule has 2 heterocycles. The molecule has 1 aliphatic rings. The van der Waals surface area contributed by atoms with Crippen LogP contribution in [0.25, 0.3) is 11.8 Å². The van der Waals surface area contributed by atoms with E-state index in [1.165, 1.54) is 23.4 Å². The molecule has 124 valence electrons. The van der Waals surface area contributed by atoms with Gasteiger partial charge in [0, 0.05) is 26.8 Å². The van der Waals surface area contributed by atoms with Crippen LogP contribution in [-0.4, -0.2) is 26.3 Å². The van der Waals surface area contributed by atoms with E-state index in [-0.39, 0.29) is 5.78 Å². The third kappa shape index (κ3) is 3.10. The Morgan fingerprint density at radius 3 is 2.88 bits per heavy atom. The van der Waals surface area contributed by atoms with Gasteiger partial charge in [0.2, 0.25) is 0 Å². The number of halogens is 2. The first-order valence-corrected chi connectivity index (χ1v) is 8.80. The van der Waals surface area contributed by atoms with E-state index >= 15 is 0 Å². The number of nitrogens with zero attached hydrogens (tertiary/aromatic N) is 3. The van der Waals surface area contributed by atoms with Crippen molar-refractivity contribution < 1.29 is 9.18 Å². The number of rotatable bonds is 2. The zero-order valence-corrected chi connectivity index (χ0v) is 14.4. The van der Waals surface area contributed by atoms with Gasteiger partial charge in [-0.15, -0.1) is 11.8 Å². The zero-order chi connectivity index (χ0) is 17.4. The largest absolute Gasteiger partial charge is 0.289 e. The summed E-state index contributed by atoms with van der Waals surface area (Å²) in [7, 11) is 0. The first-order chi connectivity index (χ1) is 12.1. The lowest BCUT2D eigenvalue weighted by Gasteiger charge is -2.17. The number of ketones is 1. The van der Waals surface area contributed by atoms with Crippen LogP contribution in [0.5, 0.6) is 0 Å². The van der Waals surface area contributed by atoms with Gasteiger partial charge in [-0.25, -0.2) is 14.1 Å². The van der Waals surface area contributed by atoms with Crippen LogP contribution in [0.2, 0.25) is 5.02 Å². The van der Waals surface area contributed by atoms with Crippen LogP contribution >= 0.6 is 23.4 Å². The quantitative estimate of drug-likeness (QED) is 0.625. The molecule has 0 unspecified atom stereocenters. The Bertz CT molecular complexity index is 1000. The second-order valence-corrected chi connectivity index (χ2v) is 6.93. The van der Waals surface area contributed by atoms with Gasteiger partial charge in [-0.05, 0) is 42.0 Å². The van der Waals surface area contributed by atoms with Gasteiger partial charge in [-0.2, -0.15) is 5.10 Å². The standard InChI is InChI=1S/C18H11ClFN3OS/c19-13-2-4-17-14(7-13)18(24)12(8-25-17)5-11-1-3-16(15(20)6-11)23-10-21-9-22-23/h1-7,9-10H,8H2/b12-5-. The van der Waals surface area contributed by atoms with Crippen LogP contribution in [-0.2, 0) is 0 Å². The Hall–Kier alpha value is -2.44. The average Bonchev–Trinajstić information content (AvgIpc) is 3.12. The van der Waals surface area contributed by atoms with Gasteiger partial charge in [-0.3, -0.25) is 4.79 Å². The highest BCUT2D eigenvalue weighted by atomic mass is 35.5. The monoisotopic (exact) mass is 371 g/mol. The van der Waals surface area contributed by atoms with Crippen LogP contribution in [0.3, 0.4) is 0 Å². The number of thioether (sulfide) groups is 1. The van der Waals surface area contributed by atoms with E-state index in [4.69, 9.17) is 11.6 Å². The third-order valence-electron chi connectivity index (χ3n) is 3.84. The summed E-state index contributed by atoms with van der Waals surface area (Å²) in [6.07, 6.45) is 4.49. The number of fused-ring (bicyclic) bond motifs is 1. The Balaban J connectivity index is 1.67. The van der Waals surface area contributed by atoms with E-state index in [1.54, 1.807) is 42.1 Å². The van der Waals surface area contributed by atoms with E-state index in [0.717, 1.165) is 4.90 Å². The number of hydrogen-bond acceptors (Lipinski definition) is 4. The number of benzene rings is 2. The molecule has 0 amide bonds. The fraction of sp³-hybridized carbons (Fsp3) is 0.0556. The predicted octanol–water partition coefficient (Wildman–Crippen LogP) is 4.43. The third-order valence-corrected chi connectivity index (χ3v) is 5.20. The minimum Gasteiger partial charge on any atom is -0.289 e. The lowest BCUT2D eigenvalue weighted by atomic mass is 10.0. The maximum atomic E-state index is 14.3. The Morgan fingerprint density at radius 2 is 2.12 bits per heavy atom. The van der Waals surface area contributed by atoms with Crippen molar-refractivity contribution in [2.45, 2.75) is 4.90 Å². The summed E-state index contributed by atoms with van der Waals surface area (Å²) in [5, 5.41) is 4.44. The molecule has 7 heteroatoms. The molecule has 0 spiro atoms. The van der Waals surface area contributed by atoms with Crippen LogP contribution < -0.4 is 0 Å². The number of hydrogen-bond donors (Lipinski definition) is 0. The molecular weight excluding hydrogens is 361 g/mol. The van der Waals surface area contributed by atoms with E-state index in [2.05, 4.69) is 10.1 Å². The summed E-state index contributed by atoms with van der Waals surface area (Å²) in [5.41, 5.74) is 2.14.